The van der Waals surface area contributed by atoms with Crippen LogP contribution in [-0.2, 0) is 9.53 Å². The third-order valence-electron chi connectivity index (χ3n) is 1.75. The molecule has 0 aromatic rings. The summed E-state index contributed by atoms with van der Waals surface area (Å²) in [5.74, 6) is -0.382. The minimum atomic E-state index is -0.382. The molecule has 0 aliphatic heterocycles. The Kier molecular flexibility index (Phi) is 6.21. The average Bonchev–Trinajstić information content (AvgIpc) is 2.16. The molecule has 0 aliphatic rings. The molecule has 0 aromatic heterocycles. The highest BCUT2D eigenvalue weighted by Gasteiger charge is 2.03. The molecular formula is C10H16N2O2. The molecule has 14 heavy (non-hydrogen) atoms. The summed E-state index contributed by atoms with van der Waals surface area (Å²) >= 11 is 0. The Morgan fingerprint density at radius 2 is 2.29 bits per heavy atom. The summed E-state index contributed by atoms with van der Waals surface area (Å²) in [5.41, 5.74) is 0. The zero-order valence-corrected chi connectivity index (χ0v) is 8.86. The van der Waals surface area contributed by atoms with Crippen LogP contribution in [0.5, 0.6) is 0 Å². The van der Waals surface area contributed by atoms with Gasteiger partial charge in [0.25, 0.3) is 0 Å². The highest BCUT2D eigenvalue weighted by Crippen LogP contribution is 2.00. The predicted octanol–water partition coefficient (Wildman–Crippen LogP) is 1.30. The van der Waals surface area contributed by atoms with E-state index in [0.717, 1.165) is 0 Å². The summed E-state index contributed by atoms with van der Waals surface area (Å²) in [6, 6.07) is 2.33. The largest absolute Gasteiger partial charge is 0.466 e. The zero-order chi connectivity index (χ0) is 11.0. The smallest absolute Gasteiger partial charge is 0.331 e. The quantitative estimate of drug-likeness (QED) is 0.491. The number of ether oxygens (including phenoxy) is 1. The standard InChI is InChI=1S/C10H16N2O2/c1-9(2)12(7-4-6-11)8-5-10(13)14-3/h5,8-9H,4,7H2,1-3H3. The van der Waals surface area contributed by atoms with Crippen LogP contribution >= 0.6 is 0 Å². The van der Waals surface area contributed by atoms with Crippen LogP contribution in [-0.4, -0.2) is 30.6 Å². The summed E-state index contributed by atoms with van der Waals surface area (Å²) < 4.78 is 4.47. The molecule has 0 saturated heterocycles. The number of nitriles is 1. The average molecular weight is 196 g/mol. The molecule has 0 saturated carbocycles. The number of hydrogen-bond donors (Lipinski definition) is 0. The molecular weight excluding hydrogens is 180 g/mol. The highest BCUT2D eigenvalue weighted by molar-refractivity contribution is 5.81. The summed E-state index contributed by atoms with van der Waals surface area (Å²) in [4.78, 5) is 12.7. The number of methoxy groups -OCH3 is 1. The minimum Gasteiger partial charge on any atom is -0.466 e. The van der Waals surface area contributed by atoms with Crippen molar-refractivity contribution >= 4 is 5.97 Å². The van der Waals surface area contributed by atoms with Gasteiger partial charge in [0.05, 0.1) is 19.6 Å². The lowest BCUT2D eigenvalue weighted by Gasteiger charge is -2.23. The fraction of sp³-hybridized carbons (Fsp3) is 0.600. The number of carbonyl (C=O) groups is 1. The van der Waals surface area contributed by atoms with Crippen LogP contribution in [0.25, 0.3) is 0 Å². The van der Waals surface area contributed by atoms with Crippen LogP contribution in [0, 0.1) is 11.3 Å². The normalized spacial score (nSPS) is 10.2. The number of esters is 1. The second-order valence-electron chi connectivity index (χ2n) is 3.08. The van der Waals surface area contributed by atoms with Crippen molar-refractivity contribution in [1.29, 1.82) is 5.26 Å². The monoisotopic (exact) mass is 196 g/mol. The van der Waals surface area contributed by atoms with Gasteiger partial charge in [-0.3, -0.25) is 0 Å². The molecule has 0 radical (unpaired) electrons. The topological polar surface area (TPSA) is 53.3 Å². The van der Waals surface area contributed by atoms with E-state index in [1.165, 1.54) is 13.2 Å². The van der Waals surface area contributed by atoms with Crippen molar-refractivity contribution in [3.8, 4) is 6.07 Å². The molecule has 0 bridgehead atoms. The highest BCUT2D eigenvalue weighted by atomic mass is 16.5. The van der Waals surface area contributed by atoms with Gasteiger partial charge in [-0.2, -0.15) is 5.26 Å². The lowest BCUT2D eigenvalue weighted by molar-refractivity contribution is -0.134. The van der Waals surface area contributed by atoms with E-state index < -0.39 is 0 Å². The number of hydrogen-bond acceptors (Lipinski definition) is 4. The number of carbonyl (C=O) groups excluding carboxylic acids is 1. The van der Waals surface area contributed by atoms with Crippen molar-refractivity contribution in [3.05, 3.63) is 12.3 Å². The lowest BCUT2D eigenvalue weighted by atomic mass is 10.3. The third-order valence-corrected chi connectivity index (χ3v) is 1.75. The van der Waals surface area contributed by atoms with Gasteiger partial charge in [-0.25, -0.2) is 4.79 Å². The molecule has 4 nitrogen and oxygen atoms in total. The Hall–Kier alpha value is -1.50. The van der Waals surface area contributed by atoms with Gasteiger partial charge in [-0.1, -0.05) is 0 Å². The molecule has 0 N–H and O–H groups in total. The fourth-order valence-electron chi connectivity index (χ4n) is 0.909. The van der Waals surface area contributed by atoms with Gasteiger partial charge < -0.3 is 9.64 Å². The van der Waals surface area contributed by atoms with Crippen LogP contribution in [0.4, 0.5) is 0 Å². The Morgan fingerprint density at radius 1 is 1.64 bits per heavy atom. The maximum atomic E-state index is 10.8. The molecule has 0 amide bonds. The van der Waals surface area contributed by atoms with E-state index in [4.69, 9.17) is 5.26 Å². The second kappa shape index (κ2) is 6.96. The summed E-state index contributed by atoms with van der Waals surface area (Å²) in [6.07, 6.45) is 3.47. The van der Waals surface area contributed by atoms with Gasteiger partial charge in [0.2, 0.25) is 0 Å². The van der Waals surface area contributed by atoms with E-state index in [1.54, 1.807) is 6.20 Å². The lowest BCUT2D eigenvalue weighted by Crippen LogP contribution is -2.26. The first-order valence-electron chi connectivity index (χ1n) is 4.50. The minimum absolute atomic E-state index is 0.268. The fourth-order valence-corrected chi connectivity index (χ4v) is 0.909. The molecule has 4 heteroatoms. The Labute approximate surface area is 84.8 Å². The molecule has 0 rings (SSSR count). The molecule has 0 spiro atoms. The van der Waals surface area contributed by atoms with Gasteiger partial charge >= 0.3 is 5.97 Å². The molecule has 0 heterocycles. The van der Waals surface area contributed by atoms with Crippen molar-refractivity contribution in [3.63, 3.8) is 0 Å². The maximum Gasteiger partial charge on any atom is 0.331 e. The van der Waals surface area contributed by atoms with Gasteiger partial charge in [-0.05, 0) is 13.8 Å². The summed E-state index contributed by atoms with van der Waals surface area (Å²) in [6.45, 7) is 4.62. The summed E-state index contributed by atoms with van der Waals surface area (Å²) in [5, 5.41) is 8.43. The van der Waals surface area contributed by atoms with E-state index in [1.807, 2.05) is 18.7 Å². The van der Waals surface area contributed by atoms with Crippen molar-refractivity contribution in [2.75, 3.05) is 13.7 Å². The third kappa shape index (κ3) is 5.20. The van der Waals surface area contributed by atoms with Crippen molar-refractivity contribution in [2.45, 2.75) is 26.3 Å². The van der Waals surface area contributed by atoms with Crippen molar-refractivity contribution in [1.82, 2.24) is 4.90 Å². The van der Waals surface area contributed by atoms with E-state index in [9.17, 15) is 4.79 Å². The van der Waals surface area contributed by atoms with Crippen LogP contribution in [0.15, 0.2) is 12.3 Å². The first kappa shape index (κ1) is 12.5. The molecule has 78 valence electrons. The maximum absolute atomic E-state index is 10.8. The Bertz CT molecular complexity index is 241. The first-order chi connectivity index (χ1) is 6.61. The van der Waals surface area contributed by atoms with Crippen LogP contribution < -0.4 is 0 Å². The van der Waals surface area contributed by atoms with Gasteiger partial charge in [-0.15, -0.1) is 0 Å². The first-order valence-corrected chi connectivity index (χ1v) is 4.50. The van der Waals surface area contributed by atoms with Gasteiger partial charge in [0.1, 0.15) is 0 Å². The van der Waals surface area contributed by atoms with Crippen LogP contribution in [0.2, 0.25) is 0 Å². The van der Waals surface area contributed by atoms with E-state index >= 15 is 0 Å². The Balaban J connectivity index is 4.16. The Morgan fingerprint density at radius 3 is 2.71 bits per heavy atom. The molecule has 0 fully saturated rings. The van der Waals surface area contributed by atoms with Crippen LogP contribution in [0.1, 0.15) is 20.3 Å². The molecule has 0 aromatic carbocycles. The van der Waals surface area contributed by atoms with Crippen molar-refractivity contribution < 1.29 is 9.53 Å². The van der Waals surface area contributed by atoms with E-state index in [0.29, 0.717) is 13.0 Å². The van der Waals surface area contributed by atoms with E-state index in [2.05, 4.69) is 10.8 Å². The predicted molar refractivity (Wildman–Crippen MR) is 53.2 cm³/mol. The van der Waals surface area contributed by atoms with E-state index in [-0.39, 0.29) is 12.0 Å². The van der Waals surface area contributed by atoms with Crippen LogP contribution in [0.3, 0.4) is 0 Å². The number of rotatable bonds is 5. The molecule has 0 atom stereocenters. The van der Waals surface area contributed by atoms with Crippen molar-refractivity contribution in [2.24, 2.45) is 0 Å². The number of nitrogens with zero attached hydrogens (tertiary/aromatic N) is 2. The molecule has 0 aliphatic carbocycles. The molecule has 0 unspecified atom stereocenters. The second-order valence-corrected chi connectivity index (χ2v) is 3.08. The SMILES string of the molecule is COC(=O)C=CN(CCC#N)C(C)C. The van der Waals surface area contributed by atoms with Gasteiger partial charge in [0.15, 0.2) is 0 Å². The summed E-state index contributed by atoms with van der Waals surface area (Å²) in [7, 11) is 1.33. The zero-order valence-electron chi connectivity index (χ0n) is 8.86. The van der Waals surface area contributed by atoms with Gasteiger partial charge in [0, 0.05) is 24.9 Å².